The van der Waals surface area contributed by atoms with Gasteiger partial charge in [0.05, 0.1) is 23.7 Å². The minimum absolute atomic E-state index is 0.175. The normalized spacial score (nSPS) is 11.4. The number of hydrogen-bond donors (Lipinski definition) is 3. The van der Waals surface area contributed by atoms with Crippen molar-refractivity contribution in [3.8, 4) is 11.3 Å². The van der Waals surface area contributed by atoms with Crippen LogP contribution in [0.3, 0.4) is 0 Å². The number of rotatable bonds is 8. The van der Waals surface area contributed by atoms with Gasteiger partial charge in [0, 0.05) is 29.2 Å². The van der Waals surface area contributed by atoms with Gasteiger partial charge in [-0.15, -0.1) is 0 Å². The van der Waals surface area contributed by atoms with Gasteiger partial charge >= 0.3 is 0 Å². The van der Waals surface area contributed by atoms with Crippen LogP contribution in [0.25, 0.3) is 17.0 Å². The molecule has 166 valence electrons. The number of fused-ring (bicyclic) bond motifs is 1. The third-order valence-electron chi connectivity index (χ3n) is 5.23. The van der Waals surface area contributed by atoms with Crippen LogP contribution in [-0.2, 0) is 13.0 Å². The Hall–Kier alpha value is -3.49. The third-order valence-corrected chi connectivity index (χ3v) is 5.23. The molecule has 1 aromatic carbocycles. The Labute approximate surface area is 185 Å². The van der Waals surface area contributed by atoms with E-state index in [2.05, 4.69) is 24.1 Å². The van der Waals surface area contributed by atoms with Gasteiger partial charge < -0.3 is 24.3 Å². The molecule has 3 aromatic heterocycles. The molecule has 0 aliphatic carbocycles. The SMILES string of the molecule is Cc1ncoc1-c1ccc(Nc2cc(C(=O)CO)cn3cc(CC(C)C)nc23)cc1CO. The van der Waals surface area contributed by atoms with Crippen molar-refractivity contribution in [2.75, 3.05) is 11.9 Å². The Morgan fingerprint density at radius 2 is 2.03 bits per heavy atom. The van der Waals surface area contributed by atoms with Crippen molar-refractivity contribution in [2.45, 2.75) is 33.8 Å². The van der Waals surface area contributed by atoms with E-state index < -0.39 is 6.61 Å². The molecule has 4 rings (SSSR count). The van der Waals surface area contributed by atoms with E-state index in [1.807, 2.05) is 35.7 Å². The third kappa shape index (κ3) is 4.28. The monoisotopic (exact) mass is 434 g/mol. The average molecular weight is 434 g/mol. The molecule has 0 saturated heterocycles. The van der Waals surface area contributed by atoms with E-state index in [1.54, 1.807) is 12.3 Å². The Bertz CT molecular complexity index is 1270. The highest BCUT2D eigenvalue weighted by atomic mass is 16.3. The summed E-state index contributed by atoms with van der Waals surface area (Å²) in [5.41, 5.74) is 5.52. The number of aryl methyl sites for hydroxylation is 1. The quantitative estimate of drug-likeness (QED) is 0.360. The van der Waals surface area contributed by atoms with Gasteiger partial charge in [0.1, 0.15) is 6.61 Å². The number of pyridine rings is 1. The molecule has 0 spiro atoms. The molecule has 8 nitrogen and oxygen atoms in total. The Kier molecular flexibility index (Phi) is 6.07. The summed E-state index contributed by atoms with van der Waals surface area (Å²) >= 11 is 0. The predicted octanol–water partition coefficient (Wildman–Crippen LogP) is 3.91. The average Bonchev–Trinajstić information content (AvgIpc) is 3.38. The second-order valence-corrected chi connectivity index (χ2v) is 8.21. The lowest BCUT2D eigenvalue weighted by Gasteiger charge is -2.13. The topological polar surface area (TPSA) is 113 Å². The molecular formula is C24H26N4O4. The maximum Gasteiger partial charge on any atom is 0.189 e. The molecular weight excluding hydrogens is 408 g/mol. The van der Waals surface area contributed by atoms with E-state index in [1.165, 1.54) is 6.39 Å². The van der Waals surface area contributed by atoms with Crippen LogP contribution in [0.4, 0.5) is 11.4 Å². The Morgan fingerprint density at radius 3 is 2.69 bits per heavy atom. The number of aliphatic hydroxyl groups excluding tert-OH is 2. The van der Waals surface area contributed by atoms with Crippen molar-refractivity contribution in [1.82, 2.24) is 14.4 Å². The summed E-state index contributed by atoms with van der Waals surface area (Å²) in [6.45, 7) is 5.35. The van der Waals surface area contributed by atoms with Gasteiger partial charge in [0.15, 0.2) is 23.6 Å². The fourth-order valence-electron chi connectivity index (χ4n) is 3.74. The summed E-state index contributed by atoms with van der Waals surface area (Å²) in [6.07, 6.45) is 5.78. The van der Waals surface area contributed by atoms with Crippen LogP contribution in [0.2, 0.25) is 0 Å². The minimum Gasteiger partial charge on any atom is -0.443 e. The number of aliphatic hydroxyl groups is 2. The first-order valence-corrected chi connectivity index (χ1v) is 10.5. The maximum atomic E-state index is 12.2. The van der Waals surface area contributed by atoms with Crippen LogP contribution in [0.1, 0.15) is 41.2 Å². The summed E-state index contributed by atoms with van der Waals surface area (Å²) in [6, 6.07) is 7.24. The van der Waals surface area contributed by atoms with E-state index in [0.29, 0.717) is 34.1 Å². The predicted molar refractivity (Wildman–Crippen MR) is 121 cm³/mol. The molecule has 32 heavy (non-hydrogen) atoms. The summed E-state index contributed by atoms with van der Waals surface area (Å²) in [5.74, 6) is 0.681. The first-order chi connectivity index (χ1) is 15.4. The highest BCUT2D eigenvalue weighted by molar-refractivity contribution is 5.98. The van der Waals surface area contributed by atoms with E-state index >= 15 is 0 Å². The van der Waals surface area contributed by atoms with Crippen molar-refractivity contribution in [3.63, 3.8) is 0 Å². The number of ketones is 1. The molecule has 4 aromatic rings. The van der Waals surface area contributed by atoms with E-state index in [-0.39, 0.29) is 12.4 Å². The van der Waals surface area contributed by atoms with E-state index in [4.69, 9.17) is 9.40 Å². The number of benzene rings is 1. The van der Waals surface area contributed by atoms with Crippen LogP contribution in [0, 0.1) is 12.8 Å². The number of anilines is 2. The molecule has 0 amide bonds. The zero-order valence-electron chi connectivity index (χ0n) is 18.3. The Balaban J connectivity index is 1.76. The van der Waals surface area contributed by atoms with Crippen molar-refractivity contribution in [3.05, 3.63) is 65.6 Å². The molecule has 0 fully saturated rings. The van der Waals surface area contributed by atoms with Crippen LogP contribution in [-0.4, -0.2) is 37.0 Å². The number of carbonyl (C=O) groups is 1. The van der Waals surface area contributed by atoms with Gasteiger partial charge in [-0.1, -0.05) is 13.8 Å². The fourth-order valence-corrected chi connectivity index (χ4v) is 3.74. The van der Waals surface area contributed by atoms with Gasteiger partial charge in [-0.3, -0.25) is 4.79 Å². The molecule has 0 bridgehead atoms. The van der Waals surface area contributed by atoms with Crippen LogP contribution < -0.4 is 5.32 Å². The van der Waals surface area contributed by atoms with Crippen LogP contribution in [0.15, 0.2) is 47.5 Å². The lowest BCUT2D eigenvalue weighted by molar-refractivity contribution is 0.0903. The van der Waals surface area contributed by atoms with Crippen molar-refractivity contribution < 1.29 is 19.4 Å². The lowest BCUT2D eigenvalue weighted by atomic mass is 10.0. The molecule has 3 heterocycles. The number of aromatic nitrogens is 3. The van der Waals surface area contributed by atoms with Gasteiger partial charge in [0.2, 0.25) is 0 Å². The molecule has 0 radical (unpaired) electrons. The lowest BCUT2D eigenvalue weighted by Crippen LogP contribution is -2.07. The van der Waals surface area contributed by atoms with Crippen LogP contribution in [0.5, 0.6) is 0 Å². The molecule has 8 heteroatoms. The largest absolute Gasteiger partial charge is 0.443 e. The molecule has 0 unspecified atom stereocenters. The summed E-state index contributed by atoms with van der Waals surface area (Å²) < 4.78 is 7.29. The van der Waals surface area contributed by atoms with Crippen molar-refractivity contribution in [2.24, 2.45) is 5.92 Å². The summed E-state index contributed by atoms with van der Waals surface area (Å²) in [5, 5.41) is 22.6. The summed E-state index contributed by atoms with van der Waals surface area (Å²) in [7, 11) is 0. The van der Waals surface area contributed by atoms with E-state index in [0.717, 1.165) is 29.1 Å². The number of nitrogens with one attached hydrogen (secondary N) is 1. The van der Waals surface area contributed by atoms with Crippen molar-refractivity contribution in [1.29, 1.82) is 0 Å². The van der Waals surface area contributed by atoms with Gasteiger partial charge in [-0.05, 0) is 49.1 Å². The molecule has 0 saturated carbocycles. The fraction of sp³-hybridized carbons (Fsp3) is 0.292. The minimum atomic E-state index is -0.571. The second-order valence-electron chi connectivity index (χ2n) is 8.21. The molecule has 3 N–H and O–H groups in total. The van der Waals surface area contributed by atoms with Gasteiger partial charge in [-0.25, -0.2) is 9.97 Å². The highest BCUT2D eigenvalue weighted by Crippen LogP contribution is 2.31. The van der Waals surface area contributed by atoms with Gasteiger partial charge in [0.25, 0.3) is 0 Å². The first-order valence-electron chi connectivity index (χ1n) is 10.5. The smallest absolute Gasteiger partial charge is 0.189 e. The molecule has 0 atom stereocenters. The van der Waals surface area contributed by atoms with Crippen molar-refractivity contribution >= 4 is 22.8 Å². The number of nitrogens with zero attached hydrogens (tertiary/aromatic N) is 3. The van der Waals surface area contributed by atoms with E-state index in [9.17, 15) is 15.0 Å². The molecule has 0 aliphatic rings. The summed E-state index contributed by atoms with van der Waals surface area (Å²) in [4.78, 5) is 21.1. The zero-order valence-corrected chi connectivity index (χ0v) is 18.3. The first kappa shape index (κ1) is 21.7. The number of hydrogen-bond acceptors (Lipinski definition) is 7. The number of carbonyl (C=O) groups excluding carboxylic acids is 1. The molecule has 0 aliphatic heterocycles. The van der Waals surface area contributed by atoms with Gasteiger partial charge in [-0.2, -0.15) is 0 Å². The van der Waals surface area contributed by atoms with Crippen LogP contribution >= 0.6 is 0 Å². The Morgan fingerprint density at radius 1 is 1.22 bits per heavy atom. The highest BCUT2D eigenvalue weighted by Gasteiger charge is 2.16. The maximum absolute atomic E-state index is 12.2. The number of imidazole rings is 1. The second kappa shape index (κ2) is 8.94. The number of oxazole rings is 1. The number of Topliss-reactive ketones (excluding diaryl/α,β-unsaturated/α-hetero) is 1. The zero-order chi connectivity index (χ0) is 22.8. The standard InChI is InChI=1S/C24H26N4O4/c1-14(2)6-19-10-28-9-16(22(31)12-30)8-21(24(28)27-19)26-18-4-5-20(17(7-18)11-29)23-15(3)25-13-32-23/h4-5,7-10,13-14,26,29-30H,6,11-12H2,1-3H3.